The van der Waals surface area contributed by atoms with E-state index < -0.39 is 0 Å². The minimum atomic E-state index is -0.0990. The summed E-state index contributed by atoms with van der Waals surface area (Å²) in [4.78, 5) is 13.4. The molecule has 4 heterocycles. The molecule has 0 fully saturated rings. The Hall–Kier alpha value is -3.29. The fraction of sp³-hybridized carbons (Fsp3) is 0.278. The number of nitrogens with zero attached hydrogens (tertiary/aromatic N) is 6. The van der Waals surface area contributed by atoms with Crippen LogP contribution in [-0.2, 0) is 0 Å². The number of furan rings is 1. The predicted molar refractivity (Wildman–Crippen MR) is 97.4 cm³/mol. The number of aromatic nitrogens is 6. The maximum atomic E-state index is 5.93. The number of nitrogen functional groups attached to an aromatic ring is 1. The summed E-state index contributed by atoms with van der Waals surface area (Å²) in [7, 11) is 0. The second-order valence-electron chi connectivity index (χ2n) is 6.18. The Morgan fingerprint density at radius 3 is 2.69 bits per heavy atom. The highest BCUT2D eigenvalue weighted by Gasteiger charge is 2.23. The van der Waals surface area contributed by atoms with Crippen molar-refractivity contribution in [2.75, 3.05) is 5.73 Å². The van der Waals surface area contributed by atoms with Crippen LogP contribution in [0.15, 0.2) is 34.9 Å². The van der Waals surface area contributed by atoms with Crippen molar-refractivity contribution in [2.45, 2.75) is 33.2 Å². The molecule has 8 heteroatoms. The van der Waals surface area contributed by atoms with Gasteiger partial charge in [-0.05, 0) is 44.0 Å². The number of pyridine rings is 1. The smallest absolute Gasteiger partial charge is 0.222 e. The third-order valence-electron chi connectivity index (χ3n) is 4.49. The minimum absolute atomic E-state index is 0.0990. The maximum absolute atomic E-state index is 5.93. The van der Waals surface area contributed by atoms with Gasteiger partial charge in [-0.2, -0.15) is 4.98 Å². The van der Waals surface area contributed by atoms with Gasteiger partial charge >= 0.3 is 0 Å². The third kappa shape index (κ3) is 2.59. The van der Waals surface area contributed by atoms with E-state index in [0.29, 0.717) is 22.6 Å². The van der Waals surface area contributed by atoms with Gasteiger partial charge in [-0.1, -0.05) is 18.2 Å². The van der Waals surface area contributed by atoms with Crippen LogP contribution in [0.5, 0.6) is 0 Å². The first-order chi connectivity index (χ1) is 12.6. The molecule has 4 rings (SSSR count). The molecule has 0 aliphatic heterocycles. The van der Waals surface area contributed by atoms with Crippen molar-refractivity contribution in [1.29, 1.82) is 0 Å². The zero-order valence-corrected chi connectivity index (χ0v) is 14.8. The summed E-state index contributed by atoms with van der Waals surface area (Å²) in [5, 5.41) is 8.63. The second-order valence-corrected chi connectivity index (χ2v) is 6.18. The standard InChI is InChI=1S/C18H19N7O/c1-4-13(12-8-7-10(2)11(3)20-12)25-17-16(23-24-25)15(21-18(19)22-17)14-6-5-9-26-14/h5-9,13H,4H2,1-3H3,(H2,19,21,22). The summed E-state index contributed by atoms with van der Waals surface area (Å²) in [6, 6.07) is 7.58. The molecule has 0 amide bonds. The molecule has 0 aliphatic rings. The summed E-state index contributed by atoms with van der Waals surface area (Å²) < 4.78 is 7.22. The van der Waals surface area contributed by atoms with Crippen LogP contribution in [-0.4, -0.2) is 29.9 Å². The quantitative estimate of drug-likeness (QED) is 0.603. The zero-order valence-electron chi connectivity index (χ0n) is 14.8. The van der Waals surface area contributed by atoms with E-state index >= 15 is 0 Å². The molecular formula is C18H19N7O. The first-order valence-electron chi connectivity index (χ1n) is 8.45. The molecule has 4 aromatic rings. The van der Waals surface area contributed by atoms with Crippen LogP contribution in [0.25, 0.3) is 22.6 Å². The van der Waals surface area contributed by atoms with Crippen LogP contribution < -0.4 is 5.73 Å². The molecule has 0 radical (unpaired) electrons. The van der Waals surface area contributed by atoms with Crippen LogP contribution in [0.2, 0.25) is 0 Å². The van der Waals surface area contributed by atoms with Crippen LogP contribution in [0.4, 0.5) is 5.95 Å². The largest absolute Gasteiger partial charge is 0.463 e. The van der Waals surface area contributed by atoms with Gasteiger partial charge in [-0.15, -0.1) is 5.10 Å². The van der Waals surface area contributed by atoms with Gasteiger partial charge in [0.25, 0.3) is 0 Å². The summed E-state index contributed by atoms with van der Waals surface area (Å²) in [6.45, 7) is 6.12. The lowest BCUT2D eigenvalue weighted by atomic mass is 10.1. The van der Waals surface area contributed by atoms with Crippen molar-refractivity contribution in [2.24, 2.45) is 0 Å². The highest BCUT2D eigenvalue weighted by atomic mass is 16.3. The van der Waals surface area contributed by atoms with Crippen LogP contribution >= 0.6 is 0 Å². The number of aryl methyl sites for hydroxylation is 2. The molecule has 4 aromatic heterocycles. The van der Waals surface area contributed by atoms with E-state index in [1.165, 1.54) is 0 Å². The number of fused-ring (bicyclic) bond motifs is 1. The molecule has 0 aliphatic carbocycles. The minimum Gasteiger partial charge on any atom is -0.463 e. The molecular weight excluding hydrogens is 330 g/mol. The van der Waals surface area contributed by atoms with Crippen molar-refractivity contribution >= 4 is 17.1 Å². The topological polar surface area (TPSA) is 109 Å². The Morgan fingerprint density at radius 2 is 2.00 bits per heavy atom. The Bertz CT molecular complexity index is 1070. The van der Waals surface area contributed by atoms with Crippen molar-refractivity contribution in [3.63, 3.8) is 0 Å². The number of hydrogen-bond donors (Lipinski definition) is 1. The number of rotatable bonds is 4. The lowest BCUT2D eigenvalue weighted by Crippen LogP contribution is -2.15. The van der Waals surface area contributed by atoms with Gasteiger partial charge in [0.2, 0.25) is 5.95 Å². The van der Waals surface area contributed by atoms with Crippen molar-refractivity contribution in [3.8, 4) is 11.5 Å². The molecule has 0 aromatic carbocycles. The van der Waals surface area contributed by atoms with Crippen molar-refractivity contribution in [3.05, 3.63) is 47.5 Å². The average Bonchev–Trinajstić information content (AvgIpc) is 3.28. The molecule has 0 bridgehead atoms. The summed E-state index contributed by atoms with van der Waals surface area (Å²) >= 11 is 0. The van der Waals surface area contributed by atoms with Crippen LogP contribution in [0.3, 0.4) is 0 Å². The highest BCUT2D eigenvalue weighted by Crippen LogP contribution is 2.29. The molecule has 132 valence electrons. The van der Waals surface area contributed by atoms with E-state index in [1.54, 1.807) is 17.0 Å². The third-order valence-corrected chi connectivity index (χ3v) is 4.49. The summed E-state index contributed by atoms with van der Waals surface area (Å²) in [5.74, 6) is 0.726. The Kier molecular flexibility index (Phi) is 3.87. The molecule has 1 unspecified atom stereocenters. The lowest BCUT2D eigenvalue weighted by molar-refractivity contribution is 0.493. The zero-order chi connectivity index (χ0) is 18.3. The average molecular weight is 349 g/mol. The summed E-state index contributed by atoms with van der Waals surface area (Å²) in [5.41, 5.74) is 10.7. The normalized spacial score (nSPS) is 12.6. The van der Waals surface area contributed by atoms with Gasteiger partial charge in [0, 0.05) is 5.69 Å². The highest BCUT2D eigenvalue weighted by molar-refractivity contribution is 5.86. The van der Waals surface area contributed by atoms with Gasteiger partial charge in [-0.25, -0.2) is 9.67 Å². The summed E-state index contributed by atoms with van der Waals surface area (Å²) in [6.07, 6.45) is 2.37. The van der Waals surface area contributed by atoms with Gasteiger partial charge in [-0.3, -0.25) is 4.98 Å². The number of nitrogens with two attached hydrogens (primary N) is 1. The van der Waals surface area contributed by atoms with Crippen LogP contribution in [0.1, 0.15) is 36.3 Å². The lowest BCUT2D eigenvalue weighted by Gasteiger charge is -2.16. The Balaban J connectivity index is 1.89. The molecule has 1 atom stereocenters. The van der Waals surface area contributed by atoms with E-state index in [-0.39, 0.29) is 12.0 Å². The van der Waals surface area contributed by atoms with E-state index in [0.717, 1.165) is 23.4 Å². The molecule has 26 heavy (non-hydrogen) atoms. The Labute approximate surface area is 150 Å². The monoisotopic (exact) mass is 349 g/mol. The molecule has 0 spiro atoms. The van der Waals surface area contributed by atoms with E-state index in [2.05, 4.69) is 33.3 Å². The molecule has 0 saturated carbocycles. The first-order valence-corrected chi connectivity index (χ1v) is 8.45. The van der Waals surface area contributed by atoms with Gasteiger partial charge in [0.15, 0.2) is 16.9 Å². The molecule has 2 N–H and O–H groups in total. The SMILES string of the molecule is CCC(c1ccc(C)c(C)n1)n1nnc2c(-c3ccco3)nc(N)nc21. The maximum Gasteiger partial charge on any atom is 0.222 e. The predicted octanol–water partition coefficient (Wildman–Crippen LogP) is 3.07. The fourth-order valence-corrected chi connectivity index (χ4v) is 2.98. The Morgan fingerprint density at radius 1 is 1.15 bits per heavy atom. The van der Waals surface area contributed by atoms with Gasteiger partial charge in [0.05, 0.1) is 18.0 Å². The second kappa shape index (κ2) is 6.21. The van der Waals surface area contributed by atoms with E-state index in [9.17, 15) is 0 Å². The fourth-order valence-electron chi connectivity index (χ4n) is 2.98. The number of hydrogen-bond acceptors (Lipinski definition) is 7. The van der Waals surface area contributed by atoms with E-state index in [4.69, 9.17) is 15.1 Å². The number of anilines is 1. The van der Waals surface area contributed by atoms with E-state index in [1.807, 2.05) is 26.0 Å². The molecule has 0 saturated heterocycles. The van der Waals surface area contributed by atoms with Gasteiger partial charge < -0.3 is 10.2 Å². The van der Waals surface area contributed by atoms with Gasteiger partial charge in [0.1, 0.15) is 5.69 Å². The van der Waals surface area contributed by atoms with Crippen molar-refractivity contribution in [1.82, 2.24) is 29.9 Å². The van der Waals surface area contributed by atoms with Crippen LogP contribution in [0, 0.1) is 13.8 Å². The first kappa shape index (κ1) is 16.2. The molecule has 8 nitrogen and oxygen atoms in total. The van der Waals surface area contributed by atoms with Crippen molar-refractivity contribution < 1.29 is 4.42 Å².